The van der Waals surface area contributed by atoms with Crippen LogP contribution in [0.1, 0.15) is 27.5 Å². The Morgan fingerprint density at radius 2 is 1.96 bits per heavy atom. The Morgan fingerprint density at radius 1 is 1.20 bits per heavy atom. The van der Waals surface area contributed by atoms with E-state index in [0.717, 1.165) is 16.8 Å². The molecule has 0 fully saturated rings. The first kappa shape index (κ1) is 17.0. The maximum Gasteiger partial charge on any atom is 0.305 e. The molecule has 0 saturated carbocycles. The van der Waals surface area contributed by atoms with Gasteiger partial charge in [-0.05, 0) is 45.0 Å². The van der Waals surface area contributed by atoms with Crippen LogP contribution in [0.15, 0.2) is 28.7 Å². The normalized spacial score (nSPS) is 10.9. The lowest BCUT2D eigenvalue weighted by atomic mass is 10.1. The van der Waals surface area contributed by atoms with Gasteiger partial charge < -0.3 is 4.42 Å². The minimum atomic E-state index is -0.536. The van der Waals surface area contributed by atoms with E-state index in [1.54, 1.807) is 29.8 Å². The molecule has 2 N–H and O–H groups in total. The predicted octanol–water partition coefficient (Wildman–Crippen LogP) is 2.67. The molecule has 2 heterocycles. The standard InChI is InChI=1S/C17H17ClN4O3/c1-9-6-10(2)22(21-9)8-15(23)19-20-17(24)16-11(3)13-7-12(18)4-5-14(13)25-16/h4-7H,8H2,1-3H3,(H,19,23)(H,20,24). The van der Waals surface area contributed by atoms with Crippen molar-refractivity contribution in [3.63, 3.8) is 0 Å². The molecule has 2 aromatic heterocycles. The Labute approximate surface area is 148 Å². The molecule has 7 nitrogen and oxygen atoms in total. The van der Waals surface area contributed by atoms with Crippen LogP contribution in [0.4, 0.5) is 0 Å². The molecule has 0 spiro atoms. The summed E-state index contributed by atoms with van der Waals surface area (Å²) in [5, 5.41) is 5.51. The van der Waals surface area contributed by atoms with E-state index >= 15 is 0 Å². The van der Waals surface area contributed by atoms with E-state index < -0.39 is 11.8 Å². The van der Waals surface area contributed by atoms with Crippen molar-refractivity contribution in [3.8, 4) is 0 Å². The highest BCUT2D eigenvalue weighted by atomic mass is 35.5. The Kier molecular flexibility index (Phi) is 4.50. The molecule has 0 aliphatic heterocycles. The number of hydrogen-bond acceptors (Lipinski definition) is 4. The number of carbonyl (C=O) groups is 2. The molecule has 3 rings (SSSR count). The molecule has 0 radical (unpaired) electrons. The van der Waals surface area contributed by atoms with E-state index in [2.05, 4.69) is 16.0 Å². The van der Waals surface area contributed by atoms with E-state index in [0.29, 0.717) is 16.2 Å². The summed E-state index contributed by atoms with van der Waals surface area (Å²) in [5.41, 5.74) is 7.62. The Balaban J connectivity index is 1.67. The highest BCUT2D eigenvalue weighted by Crippen LogP contribution is 2.27. The van der Waals surface area contributed by atoms with Crippen LogP contribution in [0.25, 0.3) is 11.0 Å². The zero-order valence-electron chi connectivity index (χ0n) is 14.0. The van der Waals surface area contributed by atoms with Crippen molar-refractivity contribution in [2.24, 2.45) is 0 Å². The van der Waals surface area contributed by atoms with Gasteiger partial charge in [-0.2, -0.15) is 5.10 Å². The fourth-order valence-electron chi connectivity index (χ4n) is 2.60. The number of carbonyl (C=O) groups excluding carboxylic acids is 2. The zero-order valence-corrected chi connectivity index (χ0v) is 14.8. The lowest BCUT2D eigenvalue weighted by Crippen LogP contribution is -2.43. The number of rotatable bonds is 3. The van der Waals surface area contributed by atoms with Gasteiger partial charge in [-0.25, -0.2) is 0 Å². The summed E-state index contributed by atoms with van der Waals surface area (Å²) in [6, 6.07) is 6.98. The van der Waals surface area contributed by atoms with Crippen LogP contribution in [0.5, 0.6) is 0 Å². The molecule has 8 heteroatoms. The summed E-state index contributed by atoms with van der Waals surface area (Å²) in [6.07, 6.45) is 0. The van der Waals surface area contributed by atoms with Crippen molar-refractivity contribution >= 4 is 34.4 Å². The lowest BCUT2D eigenvalue weighted by molar-refractivity contribution is -0.122. The number of nitrogens with zero attached hydrogens (tertiary/aromatic N) is 2. The fourth-order valence-corrected chi connectivity index (χ4v) is 2.78. The van der Waals surface area contributed by atoms with Gasteiger partial charge in [0.25, 0.3) is 5.91 Å². The molecule has 130 valence electrons. The maximum atomic E-state index is 12.3. The summed E-state index contributed by atoms with van der Waals surface area (Å²) in [6.45, 7) is 5.47. The third kappa shape index (κ3) is 3.51. The molecule has 2 amide bonds. The van der Waals surface area contributed by atoms with Crippen LogP contribution < -0.4 is 10.9 Å². The number of nitrogens with one attached hydrogen (secondary N) is 2. The molecule has 0 aliphatic rings. The highest BCUT2D eigenvalue weighted by molar-refractivity contribution is 6.31. The second kappa shape index (κ2) is 6.60. The number of aryl methyl sites for hydroxylation is 3. The minimum absolute atomic E-state index is 0.00860. The Morgan fingerprint density at radius 3 is 2.64 bits per heavy atom. The third-order valence-electron chi connectivity index (χ3n) is 3.82. The Hall–Kier alpha value is -2.80. The van der Waals surface area contributed by atoms with E-state index in [-0.39, 0.29) is 12.3 Å². The van der Waals surface area contributed by atoms with Gasteiger partial charge in [0.2, 0.25) is 0 Å². The van der Waals surface area contributed by atoms with Crippen LogP contribution >= 0.6 is 11.6 Å². The first-order chi connectivity index (χ1) is 11.8. The van der Waals surface area contributed by atoms with Gasteiger partial charge in [0.05, 0.1) is 5.69 Å². The molecule has 25 heavy (non-hydrogen) atoms. The number of fused-ring (bicyclic) bond motifs is 1. The van der Waals surface area contributed by atoms with Crippen LogP contribution in [0.3, 0.4) is 0 Å². The summed E-state index contributed by atoms with van der Waals surface area (Å²) >= 11 is 5.97. The molecule has 3 aromatic rings. The number of halogens is 1. The second-order valence-electron chi connectivity index (χ2n) is 5.78. The van der Waals surface area contributed by atoms with Gasteiger partial charge in [0, 0.05) is 21.7 Å². The van der Waals surface area contributed by atoms with Gasteiger partial charge in [-0.1, -0.05) is 11.6 Å². The van der Waals surface area contributed by atoms with Gasteiger partial charge >= 0.3 is 5.91 Å². The molecule has 0 saturated heterocycles. The number of hydrazine groups is 1. The summed E-state index contributed by atoms with van der Waals surface area (Å²) in [7, 11) is 0. The number of amides is 2. The van der Waals surface area contributed by atoms with Crippen molar-refractivity contribution in [1.29, 1.82) is 0 Å². The smallest absolute Gasteiger partial charge is 0.305 e. The van der Waals surface area contributed by atoms with Gasteiger partial charge in [-0.3, -0.25) is 25.1 Å². The van der Waals surface area contributed by atoms with Crippen LogP contribution in [-0.2, 0) is 11.3 Å². The monoisotopic (exact) mass is 360 g/mol. The number of aromatic nitrogens is 2. The van der Waals surface area contributed by atoms with Crippen molar-refractivity contribution in [2.45, 2.75) is 27.3 Å². The van der Waals surface area contributed by atoms with Crippen molar-refractivity contribution in [2.75, 3.05) is 0 Å². The maximum absolute atomic E-state index is 12.3. The lowest BCUT2D eigenvalue weighted by Gasteiger charge is -2.07. The largest absolute Gasteiger partial charge is 0.451 e. The topological polar surface area (TPSA) is 89.2 Å². The average Bonchev–Trinajstić information content (AvgIpc) is 3.04. The first-order valence-electron chi connectivity index (χ1n) is 7.64. The molecular weight excluding hydrogens is 344 g/mol. The predicted molar refractivity (Wildman–Crippen MR) is 93.3 cm³/mol. The van der Waals surface area contributed by atoms with Crippen LogP contribution in [0.2, 0.25) is 5.02 Å². The van der Waals surface area contributed by atoms with Gasteiger partial charge in [0.1, 0.15) is 12.1 Å². The van der Waals surface area contributed by atoms with Gasteiger partial charge in [-0.15, -0.1) is 0 Å². The number of hydrogen-bond donors (Lipinski definition) is 2. The molecule has 0 bridgehead atoms. The highest BCUT2D eigenvalue weighted by Gasteiger charge is 2.18. The summed E-state index contributed by atoms with van der Waals surface area (Å²) in [5.74, 6) is -0.799. The summed E-state index contributed by atoms with van der Waals surface area (Å²) in [4.78, 5) is 24.2. The third-order valence-corrected chi connectivity index (χ3v) is 4.05. The van der Waals surface area contributed by atoms with Crippen LogP contribution in [0, 0.1) is 20.8 Å². The molecule has 0 atom stereocenters. The molecular formula is C17H17ClN4O3. The van der Waals surface area contributed by atoms with Crippen molar-refractivity contribution in [1.82, 2.24) is 20.6 Å². The SMILES string of the molecule is Cc1cc(C)n(CC(=O)NNC(=O)c2oc3ccc(Cl)cc3c2C)n1. The van der Waals surface area contributed by atoms with E-state index in [4.69, 9.17) is 16.0 Å². The molecule has 0 unspecified atom stereocenters. The number of benzene rings is 1. The molecule has 0 aliphatic carbocycles. The van der Waals surface area contributed by atoms with Crippen molar-refractivity contribution < 1.29 is 14.0 Å². The minimum Gasteiger partial charge on any atom is -0.451 e. The fraction of sp³-hybridized carbons (Fsp3) is 0.235. The van der Waals surface area contributed by atoms with E-state index in [9.17, 15) is 9.59 Å². The zero-order chi connectivity index (χ0) is 18.1. The van der Waals surface area contributed by atoms with E-state index in [1.165, 1.54) is 0 Å². The number of furan rings is 1. The second-order valence-corrected chi connectivity index (χ2v) is 6.22. The van der Waals surface area contributed by atoms with Gasteiger partial charge in [0.15, 0.2) is 5.76 Å². The van der Waals surface area contributed by atoms with Crippen LogP contribution in [-0.4, -0.2) is 21.6 Å². The average molecular weight is 361 g/mol. The summed E-state index contributed by atoms with van der Waals surface area (Å²) < 4.78 is 7.11. The van der Waals surface area contributed by atoms with E-state index in [1.807, 2.05) is 19.9 Å². The Bertz CT molecular complexity index is 974. The first-order valence-corrected chi connectivity index (χ1v) is 8.02. The molecule has 1 aromatic carbocycles. The van der Waals surface area contributed by atoms with Crippen molar-refractivity contribution in [3.05, 3.63) is 52.0 Å². The quantitative estimate of drug-likeness (QED) is 0.703.